The van der Waals surface area contributed by atoms with Gasteiger partial charge in [0.2, 0.25) is 0 Å². The largest absolute Gasteiger partial charge is 0.330 e. The molecule has 0 spiro atoms. The Bertz CT molecular complexity index is 731. The third-order valence-corrected chi connectivity index (χ3v) is 3.38. The van der Waals surface area contributed by atoms with Crippen LogP contribution in [-0.2, 0) is 27.2 Å². The van der Waals surface area contributed by atoms with Gasteiger partial charge in [-0.2, -0.15) is 0 Å². The highest BCUT2D eigenvalue weighted by Crippen LogP contribution is 2.04. The van der Waals surface area contributed by atoms with Crippen molar-refractivity contribution in [1.29, 1.82) is 0 Å². The van der Waals surface area contributed by atoms with Crippen LogP contribution < -0.4 is 16.6 Å². The minimum atomic E-state index is -0.311. The minimum absolute atomic E-state index is 0.287. The van der Waals surface area contributed by atoms with Crippen LogP contribution in [0.1, 0.15) is 16.8 Å². The summed E-state index contributed by atoms with van der Waals surface area (Å²) in [7, 11) is 3.14. The second kappa shape index (κ2) is 5.83. The molecule has 0 aromatic carbocycles. The summed E-state index contributed by atoms with van der Waals surface area (Å²) >= 11 is 0. The summed E-state index contributed by atoms with van der Waals surface area (Å²) in [6.45, 7) is 3.12. The molecular formula is C14H18N4O2. The van der Waals surface area contributed by atoms with Crippen molar-refractivity contribution in [2.45, 2.75) is 20.0 Å². The Morgan fingerprint density at radius 1 is 1.20 bits per heavy atom. The molecule has 1 N–H and O–H groups in total. The molecule has 2 heterocycles. The fraction of sp³-hybridized carbons (Fsp3) is 0.357. The number of nitrogens with zero attached hydrogens (tertiary/aromatic N) is 3. The fourth-order valence-electron chi connectivity index (χ4n) is 1.97. The second-order valence-electron chi connectivity index (χ2n) is 4.78. The smallest absolute Gasteiger partial charge is 0.307 e. The first-order valence-electron chi connectivity index (χ1n) is 6.37. The first kappa shape index (κ1) is 14.2. The van der Waals surface area contributed by atoms with Gasteiger partial charge >= 0.3 is 5.69 Å². The van der Waals surface area contributed by atoms with E-state index >= 15 is 0 Å². The zero-order valence-corrected chi connectivity index (χ0v) is 11.9. The maximum atomic E-state index is 11.8. The van der Waals surface area contributed by atoms with Crippen LogP contribution in [-0.4, -0.2) is 14.1 Å². The van der Waals surface area contributed by atoms with E-state index in [2.05, 4.69) is 10.3 Å². The van der Waals surface area contributed by atoms with Crippen LogP contribution in [0.2, 0.25) is 0 Å². The van der Waals surface area contributed by atoms with Gasteiger partial charge in [0.15, 0.2) is 0 Å². The molecule has 0 aliphatic carbocycles. The highest BCUT2D eigenvalue weighted by Gasteiger charge is 2.05. The number of hydrogen-bond donors (Lipinski definition) is 1. The number of hydrogen-bond acceptors (Lipinski definition) is 4. The van der Waals surface area contributed by atoms with E-state index in [1.807, 2.05) is 19.2 Å². The topological polar surface area (TPSA) is 68.9 Å². The molecule has 106 valence electrons. The van der Waals surface area contributed by atoms with E-state index in [1.165, 1.54) is 17.7 Å². The Balaban J connectivity index is 2.11. The lowest BCUT2D eigenvalue weighted by molar-refractivity contribution is 0.600. The van der Waals surface area contributed by atoms with E-state index < -0.39 is 0 Å². The van der Waals surface area contributed by atoms with Crippen LogP contribution in [0.15, 0.2) is 34.1 Å². The SMILES string of the molecule is Cc1cnccc1CNCc1cc(=O)n(C)c(=O)n1C. The fourth-order valence-corrected chi connectivity index (χ4v) is 1.97. The number of aromatic nitrogens is 3. The predicted octanol–water partition coefficient (Wildman–Crippen LogP) is 0.0772. The zero-order valence-electron chi connectivity index (χ0n) is 11.9. The third-order valence-electron chi connectivity index (χ3n) is 3.38. The lowest BCUT2D eigenvalue weighted by Crippen LogP contribution is -2.39. The van der Waals surface area contributed by atoms with Crippen molar-refractivity contribution < 1.29 is 0 Å². The first-order chi connectivity index (χ1) is 9.50. The molecule has 6 nitrogen and oxygen atoms in total. The van der Waals surface area contributed by atoms with Crippen molar-refractivity contribution in [3.05, 3.63) is 62.2 Å². The lowest BCUT2D eigenvalue weighted by atomic mass is 10.1. The Hall–Kier alpha value is -2.21. The van der Waals surface area contributed by atoms with E-state index in [0.29, 0.717) is 18.8 Å². The molecule has 20 heavy (non-hydrogen) atoms. The Morgan fingerprint density at radius 2 is 1.95 bits per heavy atom. The van der Waals surface area contributed by atoms with Gasteiger partial charge in [-0.05, 0) is 24.1 Å². The summed E-state index contributed by atoms with van der Waals surface area (Å²) in [4.78, 5) is 27.4. The van der Waals surface area contributed by atoms with Gasteiger partial charge in [0.05, 0.1) is 0 Å². The van der Waals surface area contributed by atoms with E-state index in [9.17, 15) is 9.59 Å². The Morgan fingerprint density at radius 3 is 2.65 bits per heavy atom. The van der Waals surface area contributed by atoms with Gasteiger partial charge in [0, 0.05) is 51.3 Å². The predicted molar refractivity (Wildman–Crippen MR) is 76.4 cm³/mol. The molecule has 0 saturated carbocycles. The van der Waals surface area contributed by atoms with Gasteiger partial charge in [-0.15, -0.1) is 0 Å². The average Bonchev–Trinajstić information content (AvgIpc) is 2.44. The quantitative estimate of drug-likeness (QED) is 0.857. The van der Waals surface area contributed by atoms with Gasteiger partial charge in [-0.1, -0.05) is 0 Å². The van der Waals surface area contributed by atoms with Crippen LogP contribution in [0, 0.1) is 6.92 Å². The maximum Gasteiger partial charge on any atom is 0.330 e. The first-order valence-corrected chi connectivity index (χ1v) is 6.37. The summed E-state index contributed by atoms with van der Waals surface area (Å²) in [5.74, 6) is 0. The molecular weight excluding hydrogens is 256 g/mol. The minimum Gasteiger partial charge on any atom is -0.307 e. The van der Waals surface area contributed by atoms with E-state index in [0.717, 1.165) is 15.7 Å². The Labute approximate surface area is 116 Å². The summed E-state index contributed by atoms with van der Waals surface area (Å²) in [5, 5.41) is 3.24. The van der Waals surface area contributed by atoms with Crippen molar-refractivity contribution in [3.8, 4) is 0 Å². The van der Waals surface area contributed by atoms with E-state index in [-0.39, 0.29) is 11.2 Å². The number of rotatable bonds is 4. The molecule has 0 saturated heterocycles. The highest BCUT2D eigenvalue weighted by molar-refractivity contribution is 5.21. The van der Waals surface area contributed by atoms with Gasteiger partial charge < -0.3 is 5.32 Å². The molecule has 0 aliphatic rings. The van der Waals surface area contributed by atoms with Gasteiger partial charge in [-0.3, -0.25) is 18.9 Å². The second-order valence-corrected chi connectivity index (χ2v) is 4.78. The summed E-state index contributed by atoms with van der Waals surface area (Å²) in [6, 6.07) is 3.43. The van der Waals surface area contributed by atoms with Gasteiger partial charge in [-0.25, -0.2) is 4.79 Å². The molecule has 0 radical (unpaired) electrons. The van der Waals surface area contributed by atoms with Gasteiger partial charge in [0.25, 0.3) is 5.56 Å². The monoisotopic (exact) mass is 274 g/mol. The molecule has 0 bridgehead atoms. The van der Waals surface area contributed by atoms with Crippen molar-refractivity contribution >= 4 is 0 Å². The summed E-state index contributed by atoms with van der Waals surface area (Å²) in [6.07, 6.45) is 3.56. The van der Waals surface area contributed by atoms with Crippen molar-refractivity contribution in [3.63, 3.8) is 0 Å². The standard InChI is InChI=1S/C14H18N4O2/c1-10-7-15-5-4-11(10)8-16-9-12-6-13(19)18(3)14(20)17(12)2/h4-7,16H,8-9H2,1-3H3. The van der Waals surface area contributed by atoms with Crippen molar-refractivity contribution in [2.24, 2.45) is 14.1 Å². The third kappa shape index (κ3) is 2.85. The maximum absolute atomic E-state index is 11.8. The van der Waals surface area contributed by atoms with Crippen LogP contribution in [0.4, 0.5) is 0 Å². The zero-order chi connectivity index (χ0) is 14.7. The number of aryl methyl sites for hydroxylation is 1. The number of nitrogens with one attached hydrogen (secondary N) is 1. The van der Waals surface area contributed by atoms with E-state index in [1.54, 1.807) is 13.2 Å². The molecule has 0 atom stereocenters. The van der Waals surface area contributed by atoms with Crippen LogP contribution in [0.5, 0.6) is 0 Å². The lowest BCUT2D eigenvalue weighted by Gasteiger charge is -2.11. The molecule has 2 rings (SSSR count). The molecule has 0 amide bonds. The molecule has 0 unspecified atom stereocenters. The molecule has 0 aliphatic heterocycles. The van der Waals surface area contributed by atoms with Crippen LogP contribution >= 0.6 is 0 Å². The molecule has 0 fully saturated rings. The van der Waals surface area contributed by atoms with Crippen molar-refractivity contribution in [2.75, 3.05) is 0 Å². The molecule has 6 heteroatoms. The molecule has 2 aromatic heterocycles. The van der Waals surface area contributed by atoms with Crippen LogP contribution in [0.3, 0.4) is 0 Å². The Kier molecular flexibility index (Phi) is 4.14. The summed E-state index contributed by atoms with van der Waals surface area (Å²) < 4.78 is 2.57. The van der Waals surface area contributed by atoms with Crippen LogP contribution in [0.25, 0.3) is 0 Å². The number of pyridine rings is 1. The normalized spacial score (nSPS) is 10.8. The van der Waals surface area contributed by atoms with Crippen molar-refractivity contribution in [1.82, 2.24) is 19.4 Å². The van der Waals surface area contributed by atoms with E-state index in [4.69, 9.17) is 0 Å². The molecule has 2 aromatic rings. The highest BCUT2D eigenvalue weighted by atomic mass is 16.2. The van der Waals surface area contributed by atoms with Gasteiger partial charge in [0.1, 0.15) is 0 Å². The summed E-state index contributed by atoms with van der Waals surface area (Å²) in [5.41, 5.74) is 2.33. The average molecular weight is 274 g/mol.